The smallest absolute Gasteiger partial charge is 0.339 e. The number of carbonyl (C=O) groups excluding carboxylic acids is 2. The first-order valence-corrected chi connectivity index (χ1v) is 4.67. The molecule has 0 radical (unpaired) electrons. The van der Waals surface area contributed by atoms with Gasteiger partial charge in [0, 0.05) is 6.61 Å². The molecule has 0 heterocycles. The van der Waals surface area contributed by atoms with Crippen molar-refractivity contribution in [3.8, 4) is 0 Å². The molecule has 0 saturated heterocycles. The van der Waals surface area contributed by atoms with Gasteiger partial charge in [0.25, 0.3) is 0 Å². The lowest BCUT2D eigenvalue weighted by Crippen LogP contribution is -2.15. The number of ether oxygens (including phenoxy) is 4. The molecule has 15 heavy (non-hydrogen) atoms. The molecular formula is C9H16O6. The fourth-order valence-corrected chi connectivity index (χ4v) is 0.725. The molecule has 0 fully saturated rings. The van der Waals surface area contributed by atoms with E-state index in [1.165, 1.54) is 0 Å². The van der Waals surface area contributed by atoms with E-state index in [1.54, 1.807) is 0 Å². The normalized spacial score (nSPS) is 9.93. The molecule has 0 unspecified atom stereocenters. The summed E-state index contributed by atoms with van der Waals surface area (Å²) in [5.41, 5.74) is 0. The molecule has 6 nitrogen and oxygen atoms in total. The molecule has 0 aliphatic rings. The molecule has 0 atom stereocenters. The van der Waals surface area contributed by atoms with Crippen LogP contribution in [0.15, 0.2) is 0 Å². The van der Waals surface area contributed by atoms with Crippen LogP contribution in [0.4, 0.5) is 0 Å². The van der Waals surface area contributed by atoms with E-state index in [0.717, 1.165) is 0 Å². The number of hydrogen-bond donors (Lipinski definition) is 0. The maximum absolute atomic E-state index is 10.6. The third-order valence-corrected chi connectivity index (χ3v) is 1.35. The van der Waals surface area contributed by atoms with Crippen molar-refractivity contribution in [1.82, 2.24) is 0 Å². The Morgan fingerprint density at radius 1 is 1.07 bits per heavy atom. The van der Waals surface area contributed by atoms with Gasteiger partial charge in [0.2, 0.25) is 0 Å². The molecule has 0 aromatic heterocycles. The van der Waals surface area contributed by atoms with Gasteiger partial charge < -0.3 is 18.9 Å². The topological polar surface area (TPSA) is 71.1 Å². The van der Waals surface area contributed by atoms with Crippen LogP contribution in [0, 0.1) is 0 Å². The number of rotatable bonds is 10. The summed E-state index contributed by atoms with van der Waals surface area (Å²) in [6.45, 7) is 4.10. The van der Waals surface area contributed by atoms with Crippen molar-refractivity contribution < 1.29 is 28.5 Å². The average molecular weight is 220 g/mol. The zero-order chi connectivity index (χ0) is 11.4. The van der Waals surface area contributed by atoms with Crippen LogP contribution in [0.1, 0.15) is 6.92 Å². The molecule has 0 aliphatic carbocycles. The highest BCUT2D eigenvalue weighted by Crippen LogP contribution is 1.82. The van der Waals surface area contributed by atoms with Gasteiger partial charge in [0.05, 0.1) is 26.4 Å². The second-order valence-electron chi connectivity index (χ2n) is 2.45. The lowest BCUT2D eigenvalue weighted by Gasteiger charge is -2.04. The summed E-state index contributed by atoms with van der Waals surface area (Å²) in [6, 6.07) is 0. The zero-order valence-electron chi connectivity index (χ0n) is 8.77. The Hall–Kier alpha value is -0.980. The van der Waals surface area contributed by atoms with Gasteiger partial charge >= 0.3 is 12.4 Å². The first-order valence-electron chi connectivity index (χ1n) is 4.67. The summed E-state index contributed by atoms with van der Waals surface area (Å²) >= 11 is 0. The summed E-state index contributed by atoms with van der Waals surface area (Å²) in [4.78, 5) is 20.3. The third kappa shape index (κ3) is 10.9. The minimum Gasteiger partial charge on any atom is -0.394 e. The van der Waals surface area contributed by atoms with E-state index in [-0.39, 0.29) is 19.7 Å². The van der Waals surface area contributed by atoms with Gasteiger partial charge in [-0.15, -0.1) is 0 Å². The van der Waals surface area contributed by atoms with Crippen LogP contribution >= 0.6 is 0 Å². The molecule has 0 amide bonds. The van der Waals surface area contributed by atoms with Crippen LogP contribution in [0.2, 0.25) is 0 Å². The molecule has 0 spiro atoms. The van der Waals surface area contributed by atoms with Gasteiger partial charge in [-0.25, -0.2) is 4.79 Å². The molecular weight excluding hydrogens is 204 g/mol. The lowest BCUT2D eigenvalue weighted by molar-refractivity contribution is -0.155. The quantitative estimate of drug-likeness (QED) is 0.219. The van der Waals surface area contributed by atoms with E-state index in [0.29, 0.717) is 26.4 Å². The molecule has 0 aromatic rings. The first kappa shape index (κ1) is 14.0. The Morgan fingerprint density at radius 2 is 1.67 bits per heavy atom. The fourth-order valence-electron chi connectivity index (χ4n) is 0.725. The minimum absolute atomic E-state index is 0.0737. The van der Waals surface area contributed by atoms with Crippen LogP contribution in [-0.2, 0) is 28.5 Å². The molecule has 88 valence electrons. The van der Waals surface area contributed by atoms with E-state index in [1.807, 2.05) is 6.92 Å². The monoisotopic (exact) mass is 220 g/mol. The second kappa shape index (κ2) is 11.1. The number of hydrogen-bond acceptors (Lipinski definition) is 6. The van der Waals surface area contributed by atoms with E-state index in [2.05, 4.69) is 4.74 Å². The Morgan fingerprint density at radius 3 is 2.27 bits per heavy atom. The first-order chi connectivity index (χ1) is 7.31. The third-order valence-electron chi connectivity index (χ3n) is 1.35. The summed E-state index contributed by atoms with van der Waals surface area (Å²) in [5, 5.41) is 0. The van der Waals surface area contributed by atoms with Gasteiger partial charge in [-0.3, -0.25) is 4.79 Å². The minimum atomic E-state index is -0.709. The molecule has 0 rings (SSSR count). The van der Waals surface area contributed by atoms with Gasteiger partial charge in [-0.05, 0) is 6.92 Å². The van der Waals surface area contributed by atoms with Crippen molar-refractivity contribution in [2.45, 2.75) is 6.92 Å². The predicted molar refractivity (Wildman–Crippen MR) is 50.3 cm³/mol. The highest BCUT2D eigenvalue weighted by molar-refractivity contribution is 5.77. The molecule has 0 bridgehead atoms. The SMILES string of the molecule is CCOCCOCCOCC(=O)OC=O. The summed E-state index contributed by atoms with van der Waals surface area (Å²) < 4.78 is 19.0. The van der Waals surface area contributed by atoms with E-state index in [9.17, 15) is 9.59 Å². The molecule has 0 saturated carbocycles. The Bertz CT molecular complexity index is 170. The van der Waals surface area contributed by atoms with Crippen molar-refractivity contribution in [2.24, 2.45) is 0 Å². The average Bonchev–Trinajstić information content (AvgIpc) is 2.22. The second-order valence-corrected chi connectivity index (χ2v) is 2.45. The fraction of sp³-hybridized carbons (Fsp3) is 0.778. The highest BCUT2D eigenvalue weighted by atomic mass is 16.6. The lowest BCUT2D eigenvalue weighted by atomic mass is 10.7. The van der Waals surface area contributed by atoms with E-state index >= 15 is 0 Å². The van der Waals surface area contributed by atoms with E-state index in [4.69, 9.17) is 14.2 Å². The highest BCUT2D eigenvalue weighted by Gasteiger charge is 2.00. The molecule has 0 aliphatic heterocycles. The Balaban J connectivity index is 3.04. The maximum atomic E-state index is 10.6. The van der Waals surface area contributed by atoms with Crippen molar-refractivity contribution in [1.29, 1.82) is 0 Å². The summed E-state index contributed by atoms with van der Waals surface area (Å²) in [5.74, 6) is -0.709. The largest absolute Gasteiger partial charge is 0.394 e. The molecule has 0 aromatic carbocycles. The van der Waals surface area contributed by atoms with Crippen molar-refractivity contribution in [3.63, 3.8) is 0 Å². The molecule has 6 heteroatoms. The van der Waals surface area contributed by atoms with Crippen molar-refractivity contribution in [3.05, 3.63) is 0 Å². The van der Waals surface area contributed by atoms with Crippen LogP contribution in [0.5, 0.6) is 0 Å². The van der Waals surface area contributed by atoms with Crippen LogP contribution in [-0.4, -0.2) is 52.1 Å². The maximum Gasteiger partial charge on any atom is 0.339 e. The summed E-state index contributed by atoms with van der Waals surface area (Å²) in [7, 11) is 0. The van der Waals surface area contributed by atoms with Crippen molar-refractivity contribution in [2.75, 3.05) is 39.6 Å². The van der Waals surface area contributed by atoms with Crippen LogP contribution in [0.3, 0.4) is 0 Å². The van der Waals surface area contributed by atoms with E-state index < -0.39 is 5.97 Å². The summed E-state index contributed by atoms with van der Waals surface area (Å²) in [6.07, 6.45) is 0. The zero-order valence-corrected chi connectivity index (χ0v) is 8.77. The predicted octanol–water partition coefficient (Wildman–Crippen LogP) is -0.244. The molecule has 0 N–H and O–H groups in total. The van der Waals surface area contributed by atoms with Crippen LogP contribution < -0.4 is 0 Å². The standard InChI is InChI=1S/C9H16O6/c1-2-12-3-4-13-5-6-14-7-9(11)15-8-10/h8H,2-7H2,1H3. The van der Waals surface area contributed by atoms with Crippen molar-refractivity contribution >= 4 is 12.4 Å². The van der Waals surface area contributed by atoms with Gasteiger partial charge in [0.1, 0.15) is 6.61 Å². The Kier molecular flexibility index (Phi) is 10.4. The van der Waals surface area contributed by atoms with Gasteiger partial charge in [0.15, 0.2) is 0 Å². The number of carbonyl (C=O) groups is 2. The number of esters is 1. The van der Waals surface area contributed by atoms with Gasteiger partial charge in [-0.1, -0.05) is 0 Å². The van der Waals surface area contributed by atoms with Gasteiger partial charge in [-0.2, -0.15) is 0 Å². The Labute approximate surface area is 88.4 Å². The van der Waals surface area contributed by atoms with Crippen LogP contribution in [0.25, 0.3) is 0 Å².